The molecule has 0 unspecified atom stereocenters. The highest BCUT2D eigenvalue weighted by atomic mass is 16.3. The molecule has 1 saturated carbocycles. The van der Waals surface area contributed by atoms with Gasteiger partial charge in [-0.15, -0.1) is 0 Å². The van der Waals surface area contributed by atoms with Gasteiger partial charge in [0, 0.05) is 6.04 Å². The molecule has 0 aromatic heterocycles. The quantitative estimate of drug-likeness (QED) is 0.777. The van der Waals surface area contributed by atoms with E-state index in [1.54, 1.807) is 0 Å². The first-order valence-electron chi connectivity index (χ1n) is 5.60. The molecule has 0 bridgehead atoms. The van der Waals surface area contributed by atoms with Gasteiger partial charge in [-0.05, 0) is 29.9 Å². The topological polar surface area (TPSA) is 46.2 Å². The molecule has 0 atom stereocenters. The van der Waals surface area contributed by atoms with Crippen LogP contribution in [0.15, 0.2) is 24.3 Å². The van der Waals surface area contributed by atoms with Crippen molar-refractivity contribution in [1.82, 2.24) is 0 Å². The Labute approximate surface area is 91.1 Å². The third-order valence-corrected chi connectivity index (χ3v) is 3.31. The van der Waals surface area contributed by atoms with E-state index in [9.17, 15) is 5.11 Å². The van der Waals surface area contributed by atoms with Crippen molar-refractivity contribution >= 4 is 0 Å². The maximum atomic E-state index is 10.2. The third-order valence-electron chi connectivity index (χ3n) is 3.31. The Hall–Kier alpha value is -0.860. The fourth-order valence-electron chi connectivity index (χ4n) is 2.22. The van der Waals surface area contributed by atoms with Gasteiger partial charge < -0.3 is 10.8 Å². The molecule has 0 aliphatic heterocycles. The Kier molecular flexibility index (Phi) is 2.57. The van der Waals surface area contributed by atoms with Crippen molar-refractivity contribution in [2.75, 3.05) is 0 Å². The summed E-state index contributed by atoms with van der Waals surface area (Å²) >= 11 is 0. The lowest BCUT2D eigenvalue weighted by atomic mass is 9.71. The van der Waals surface area contributed by atoms with E-state index in [2.05, 4.69) is 26.0 Å². The number of benzene rings is 1. The average Bonchev–Trinajstić information content (AvgIpc) is 2.16. The summed E-state index contributed by atoms with van der Waals surface area (Å²) in [6, 6.07) is 8.42. The number of nitrogens with two attached hydrogens (primary N) is 1. The van der Waals surface area contributed by atoms with Crippen LogP contribution in [0.1, 0.15) is 43.7 Å². The molecule has 0 radical (unpaired) electrons. The van der Waals surface area contributed by atoms with Crippen LogP contribution < -0.4 is 5.73 Å². The van der Waals surface area contributed by atoms with Gasteiger partial charge in [0.1, 0.15) is 0 Å². The monoisotopic (exact) mass is 205 g/mol. The molecule has 0 saturated heterocycles. The van der Waals surface area contributed by atoms with Crippen molar-refractivity contribution in [3.63, 3.8) is 0 Å². The first kappa shape index (κ1) is 10.7. The number of hydrogen-bond acceptors (Lipinski definition) is 2. The molecule has 2 rings (SSSR count). The van der Waals surface area contributed by atoms with E-state index < -0.39 is 5.60 Å². The lowest BCUT2D eigenvalue weighted by Crippen LogP contribution is -2.49. The minimum atomic E-state index is -0.658. The summed E-state index contributed by atoms with van der Waals surface area (Å²) in [6.45, 7) is 4.34. The minimum Gasteiger partial charge on any atom is -0.385 e. The zero-order valence-electron chi connectivity index (χ0n) is 9.40. The van der Waals surface area contributed by atoms with E-state index in [0.29, 0.717) is 18.8 Å². The summed E-state index contributed by atoms with van der Waals surface area (Å²) in [5.74, 6) is 0.539. The molecule has 1 fully saturated rings. The maximum absolute atomic E-state index is 10.2. The van der Waals surface area contributed by atoms with Crippen LogP contribution in [-0.4, -0.2) is 11.1 Å². The largest absolute Gasteiger partial charge is 0.385 e. The van der Waals surface area contributed by atoms with Crippen molar-refractivity contribution in [2.24, 2.45) is 5.73 Å². The van der Waals surface area contributed by atoms with E-state index >= 15 is 0 Å². The van der Waals surface area contributed by atoms with Gasteiger partial charge in [0.15, 0.2) is 0 Å². The first-order valence-corrected chi connectivity index (χ1v) is 5.60. The van der Waals surface area contributed by atoms with Gasteiger partial charge in [-0.25, -0.2) is 0 Å². The normalized spacial score (nSPS) is 30.3. The van der Waals surface area contributed by atoms with Crippen molar-refractivity contribution in [3.8, 4) is 0 Å². The molecule has 15 heavy (non-hydrogen) atoms. The van der Waals surface area contributed by atoms with Crippen LogP contribution in [0, 0.1) is 0 Å². The standard InChI is InChI=1S/C13H19NO/c1-9(2)10-3-5-11(6-4-10)13(15)7-12(14)8-13/h3-6,9,12,15H,7-8,14H2,1-2H3. The van der Waals surface area contributed by atoms with Crippen LogP contribution in [0.4, 0.5) is 0 Å². The van der Waals surface area contributed by atoms with Gasteiger partial charge in [-0.1, -0.05) is 38.1 Å². The van der Waals surface area contributed by atoms with Crippen LogP contribution in [0.5, 0.6) is 0 Å². The second-order valence-corrected chi connectivity index (χ2v) is 4.98. The van der Waals surface area contributed by atoms with Crippen LogP contribution in [0.25, 0.3) is 0 Å². The van der Waals surface area contributed by atoms with Gasteiger partial charge in [0.05, 0.1) is 5.60 Å². The molecule has 1 aromatic carbocycles. The van der Waals surface area contributed by atoms with Gasteiger partial charge in [0.25, 0.3) is 0 Å². The Morgan fingerprint density at radius 3 is 2.20 bits per heavy atom. The molecule has 2 heteroatoms. The Morgan fingerprint density at radius 2 is 1.80 bits per heavy atom. The van der Waals surface area contributed by atoms with E-state index in [1.165, 1.54) is 5.56 Å². The Bertz CT molecular complexity index is 336. The molecule has 0 spiro atoms. The number of aliphatic hydroxyl groups is 1. The van der Waals surface area contributed by atoms with Crippen molar-refractivity contribution in [2.45, 2.75) is 44.2 Å². The molecule has 82 valence electrons. The molecule has 3 N–H and O–H groups in total. The highest BCUT2D eigenvalue weighted by Gasteiger charge is 2.41. The molecular formula is C13H19NO. The predicted molar refractivity (Wildman–Crippen MR) is 61.6 cm³/mol. The highest BCUT2D eigenvalue weighted by Crippen LogP contribution is 2.40. The fourth-order valence-corrected chi connectivity index (χ4v) is 2.22. The van der Waals surface area contributed by atoms with Crippen LogP contribution in [-0.2, 0) is 5.60 Å². The van der Waals surface area contributed by atoms with E-state index in [-0.39, 0.29) is 6.04 Å². The zero-order chi connectivity index (χ0) is 11.1. The fraction of sp³-hybridized carbons (Fsp3) is 0.538. The van der Waals surface area contributed by atoms with Gasteiger partial charge in [-0.3, -0.25) is 0 Å². The minimum absolute atomic E-state index is 0.166. The summed E-state index contributed by atoms with van der Waals surface area (Å²) in [5.41, 5.74) is 7.37. The lowest BCUT2D eigenvalue weighted by molar-refractivity contribution is -0.0523. The summed E-state index contributed by atoms with van der Waals surface area (Å²) < 4.78 is 0. The second-order valence-electron chi connectivity index (χ2n) is 4.98. The van der Waals surface area contributed by atoms with E-state index in [0.717, 1.165) is 5.56 Å². The summed E-state index contributed by atoms with van der Waals surface area (Å²) in [5, 5.41) is 10.2. The first-order chi connectivity index (χ1) is 7.01. The molecule has 1 aliphatic rings. The molecule has 1 aliphatic carbocycles. The maximum Gasteiger partial charge on any atom is 0.0926 e. The van der Waals surface area contributed by atoms with Gasteiger partial charge >= 0.3 is 0 Å². The van der Waals surface area contributed by atoms with Crippen molar-refractivity contribution in [1.29, 1.82) is 0 Å². The lowest BCUT2D eigenvalue weighted by Gasteiger charge is -2.42. The molecule has 0 amide bonds. The summed E-state index contributed by atoms with van der Waals surface area (Å²) in [7, 11) is 0. The van der Waals surface area contributed by atoms with Crippen LogP contribution in [0.2, 0.25) is 0 Å². The van der Waals surface area contributed by atoms with Crippen molar-refractivity contribution in [3.05, 3.63) is 35.4 Å². The smallest absolute Gasteiger partial charge is 0.0926 e. The molecule has 1 aromatic rings. The summed E-state index contributed by atoms with van der Waals surface area (Å²) in [4.78, 5) is 0. The van der Waals surface area contributed by atoms with Crippen molar-refractivity contribution < 1.29 is 5.11 Å². The third kappa shape index (κ3) is 1.92. The van der Waals surface area contributed by atoms with Gasteiger partial charge in [-0.2, -0.15) is 0 Å². The zero-order valence-corrected chi connectivity index (χ0v) is 9.40. The Morgan fingerprint density at radius 1 is 1.27 bits per heavy atom. The highest BCUT2D eigenvalue weighted by molar-refractivity contribution is 5.31. The molecule has 2 nitrogen and oxygen atoms in total. The molecule has 0 heterocycles. The number of rotatable bonds is 2. The second kappa shape index (κ2) is 3.62. The van der Waals surface area contributed by atoms with E-state index in [4.69, 9.17) is 5.73 Å². The van der Waals surface area contributed by atoms with E-state index in [1.807, 2.05) is 12.1 Å². The van der Waals surface area contributed by atoms with Gasteiger partial charge in [0.2, 0.25) is 0 Å². The average molecular weight is 205 g/mol. The summed E-state index contributed by atoms with van der Waals surface area (Å²) in [6.07, 6.45) is 1.38. The SMILES string of the molecule is CC(C)c1ccc(C2(O)CC(N)C2)cc1. The predicted octanol–water partition coefficient (Wildman–Crippen LogP) is 2.12. The van der Waals surface area contributed by atoms with Crippen LogP contribution in [0.3, 0.4) is 0 Å². The van der Waals surface area contributed by atoms with Crippen LogP contribution >= 0.6 is 0 Å². The Balaban J connectivity index is 2.17. The number of hydrogen-bond donors (Lipinski definition) is 2. The molecular weight excluding hydrogens is 186 g/mol.